The molecule has 3 nitrogen and oxygen atoms in total. The molecule has 0 radical (unpaired) electrons. The summed E-state index contributed by atoms with van der Waals surface area (Å²) < 4.78 is 0. The molecule has 0 unspecified atom stereocenters. The highest BCUT2D eigenvalue weighted by molar-refractivity contribution is 5.81. The van der Waals surface area contributed by atoms with Gasteiger partial charge in [-0.05, 0) is 48.6 Å². The van der Waals surface area contributed by atoms with E-state index in [1.165, 1.54) is 22.3 Å². The highest BCUT2D eigenvalue weighted by Gasteiger charge is 2.20. The van der Waals surface area contributed by atoms with Crippen LogP contribution in [0.15, 0.2) is 42.5 Å². The highest BCUT2D eigenvalue weighted by Crippen LogP contribution is 2.20. The maximum Gasteiger partial charge on any atom is 0.242 e. The van der Waals surface area contributed by atoms with Crippen molar-refractivity contribution in [2.24, 2.45) is 0 Å². The van der Waals surface area contributed by atoms with Crippen LogP contribution in [0.2, 0.25) is 0 Å². The van der Waals surface area contributed by atoms with Gasteiger partial charge in [0.1, 0.15) is 0 Å². The van der Waals surface area contributed by atoms with Gasteiger partial charge >= 0.3 is 0 Å². The molecule has 0 saturated carbocycles. The first-order valence-electron chi connectivity index (χ1n) is 7.80. The van der Waals surface area contributed by atoms with E-state index in [1.54, 1.807) is 0 Å². The van der Waals surface area contributed by atoms with Gasteiger partial charge < -0.3 is 10.2 Å². The summed E-state index contributed by atoms with van der Waals surface area (Å²) in [4.78, 5) is 14.4. The van der Waals surface area contributed by atoms with E-state index in [0.717, 1.165) is 25.2 Å². The monoisotopic (exact) mass is 294 g/mol. The van der Waals surface area contributed by atoms with Crippen molar-refractivity contribution in [2.45, 2.75) is 26.8 Å². The Morgan fingerprint density at radius 1 is 1.09 bits per heavy atom. The summed E-state index contributed by atoms with van der Waals surface area (Å²) in [5.74, 6) is 0.162. The number of nitrogens with one attached hydrogen (secondary N) is 1. The molecule has 2 aromatic carbocycles. The zero-order chi connectivity index (χ0) is 15.5. The number of carbonyl (C=O) groups is 1. The number of rotatable bonds is 3. The van der Waals surface area contributed by atoms with Crippen LogP contribution in [0.4, 0.5) is 5.69 Å². The molecule has 1 aliphatic rings. The van der Waals surface area contributed by atoms with Crippen LogP contribution in [0.5, 0.6) is 0 Å². The Bertz CT molecular complexity index is 694. The normalized spacial score (nSPS) is 13.6. The number of hydrogen-bond donors (Lipinski definition) is 1. The SMILES string of the molecule is Cc1cccc(NCC(=O)N2CCc3ccccc3C2)c1C. The number of anilines is 1. The van der Waals surface area contributed by atoms with Gasteiger partial charge in [-0.1, -0.05) is 36.4 Å². The Hall–Kier alpha value is -2.29. The standard InChI is InChI=1S/C19H22N2O/c1-14-6-5-9-18(15(14)2)20-12-19(22)21-11-10-16-7-3-4-8-17(16)13-21/h3-9,20H,10-13H2,1-2H3. The largest absolute Gasteiger partial charge is 0.376 e. The number of hydrogen-bond acceptors (Lipinski definition) is 2. The maximum absolute atomic E-state index is 12.4. The molecular weight excluding hydrogens is 272 g/mol. The quantitative estimate of drug-likeness (QED) is 0.942. The molecule has 3 heteroatoms. The molecule has 3 rings (SSSR count). The minimum Gasteiger partial charge on any atom is -0.376 e. The Balaban J connectivity index is 1.63. The maximum atomic E-state index is 12.4. The molecule has 0 aromatic heterocycles. The first kappa shape index (κ1) is 14.6. The molecule has 1 N–H and O–H groups in total. The summed E-state index contributed by atoms with van der Waals surface area (Å²) >= 11 is 0. The van der Waals surface area contributed by atoms with Gasteiger partial charge in [-0.25, -0.2) is 0 Å². The molecule has 0 atom stereocenters. The minimum atomic E-state index is 0.162. The number of nitrogens with zero attached hydrogens (tertiary/aromatic N) is 1. The summed E-state index contributed by atoms with van der Waals surface area (Å²) in [7, 11) is 0. The van der Waals surface area contributed by atoms with Crippen molar-refractivity contribution in [2.75, 3.05) is 18.4 Å². The number of aryl methyl sites for hydroxylation is 1. The predicted octanol–water partition coefficient (Wildman–Crippen LogP) is 3.30. The van der Waals surface area contributed by atoms with Crippen molar-refractivity contribution in [3.05, 3.63) is 64.7 Å². The molecule has 1 amide bonds. The second kappa shape index (κ2) is 6.22. The molecule has 0 saturated heterocycles. The van der Waals surface area contributed by atoms with Crippen LogP contribution < -0.4 is 5.32 Å². The fourth-order valence-electron chi connectivity index (χ4n) is 2.93. The van der Waals surface area contributed by atoms with Crippen LogP contribution in [0.3, 0.4) is 0 Å². The lowest BCUT2D eigenvalue weighted by Crippen LogP contribution is -2.39. The van der Waals surface area contributed by atoms with E-state index >= 15 is 0 Å². The summed E-state index contributed by atoms with van der Waals surface area (Å²) in [6.07, 6.45) is 0.950. The average Bonchev–Trinajstić information content (AvgIpc) is 2.55. The van der Waals surface area contributed by atoms with Crippen molar-refractivity contribution < 1.29 is 4.79 Å². The van der Waals surface area contributed by atoms with Gasteiger partial charge in [0.05, 0.1) is 6.54 Å². The summed E-state index contributed by atoms with van der Waals surface area (Å²) in [5.41, 5.74) is 6.14. The molecule has 0 fully saturated rings. The lowest BCUT2D eigenvalue weighted by atomic mass is 10.00. The Kier molecular flexibility index (Phi) is 4.14. The number of fused-ring (bicyclic) bond motifs is 1. The third-order valence-electron chi connectivity index (χ3n) is 4.52. The summed E-state index contributed by atoms with van der Waals surface area (Å²) in [6, 6.07) is 14.5. The predicted molar refractivity (Wildman–Crippen MR) is 90.0 cm³/mol. The zero-order valence-electron chi connectivity index (χ0n) is 13.2. The smallest absolute Gasteiger partial charge is 0.242 e. The van der Waals surface area contributed by atoms with E-state index < -0.39 is 0 Å². The van der Waals surface area contributed by atoms with Crippen LogP contribution in [-0.2, 0) is 17.8 Å². The number of carbonyl (C=O) groups excluding carboxylic acids is 1. The number of benzene rings is 2. The van der Waals surface area contributed by atoms with Crippen LogP contribution in [0.25, 0.3) is 0 Å². The topological polar surface area (TPSA) is 32.3 Å². The second-order valence-corrected chi connectivity index (χ2v) is 5.94. The lowest BCUT2D eigenvalue weighted by Gasteiger charge is -2.29. The first-order chi connectivity index (χ1) is 10.6. The summed E-state index contributed by atoms with van der Waals surface area (Å²) in [5, 5.41) is 3.28. The summed E-state index contributed by atoms with van der Waals surface area (Å²) in [6.45, 7) is 6.06. The van der Waals surface area contributed by atoms with Gasteiger partial charge in [-0.2, -0.15) is 0 Å². The first-order valence-corrected chi connectivity index (χ1v) is 7.80. The van der Waals surface area contributed by atoms with Crippen molar-refractivity contribution in [1.29, 1.82) is 0 Å². The minimum absolute atomic E-state index is 0.162. The fourth-order valence-corrected chi connectivity index (χ4v) is 2.93. The van der Waals surface area contributed by atoms with Gasteiger partial charge in [-0.3, -0.25) is 4.79 Å². The Morgan fingerprint density at radius 3 is 2.68 bits per heavy atom. The van der Waals surface area contributed by atoms with E-state index in [0.29, 0.717) is 6.54 Å². The van der Waals surface area contributed by atoms with Crippen molar-refractivity contribution >= 4 is 11.6 Å². The van der Waals surface area contributed by atoms with Gasteiger partial charge in [0.15, 0.2) is 0 Å². The molecule has 114 valence electrons. The van der Waals surface area contributed by atoms with Crippen LogP contribution in [0, 0.1) is 13.8 Å². The highest BCUT2D eigenvalue weighted by atomic mass is 16.2. The molecule has 2 aromatic rings. The van der Waals surface area contributed by atoms with Gasteiger partial charge in [-0.15, -0.1) is 0 Å². The van der Waals surface area contributed by atoms with E-state index in [2.05, 4.69) is 43.4 Å². The average molecular weight is 294 g/mol. The van der Waals surface area contributed by atoms with E-state index in [-0.39, 0.29) is 5.91 Å². The Labute approximate surface area is 132 Å². The van der Waals surface area contributed by atoms with Gasteiger partial charge in [0.25, 0.3) is 0 Å². The van der Waals surface area contributed by atoms with E-state index in [4.69, 9.17) is 0 Å². The molecule has 1 aliphatic heterocycles. The van der Waals surface area contributed by atoms with Gasteiger partial charge in [0.2, 0.25) is 5.91 Å². The van der Waals surface area contributed by atoms with Crippen molar-refractivity contribution in [3.63, 3.8) is 0 Å². The fraction of sp³-hybridized carbons (Fsp3) is 0.316. The molecule has 0 aliphatic carbocycles. The van der Waals surface area contributed by atoms with Crippen molar-refractivity contribution in [3.8, 4) is 0 Å². The van der Waals surface area contributed by atoms with E-state index in [1.807, 2.05) is 23.1 Å². The van der Waals surface area contributed by atoms with E-state index in [9.17, 15) is 4.79 Å². The third kappa shape index (κ3) is 2.98. The molecular formula is C19H22N2O. The van der Waals surface area contributed by atoms with Gasteiger partial charge in [0, 0.05) is 18.8 Å². The molecule has 22 heavy (non-hydrogen) atoms. The third-order valence-corrected chi connectivity index (χ3v) is 4.52. The van der Waals surface area contributed by atoms with Crippen LogP contribution in [0.1, 0.15) is 22.3 Å². The molecule has 0 spiro atoms. The zero-order valence-corrected chi connectivity index (χ0v) is 13.2. The lowest BCUT2D eigenvalue weighted by molar-refractivity contribution is -0.130. The Morgan fingerprint density at radius 2 is 1.86 bits per heavy atom. The molecule has 1 heterocycles. The second-order valence-electron chi connectivity index (χ2n) is 5.94. The van der Waals surface area contributed by atoms with Crippen LogP contribution >= 0.6 is 0 Å². The van der Waals surface area contributed by atoms with Crippen molar-refractivity contribution in [1.82, 2.24) is 4.90 Å². The molecule has 0 bridgehead atoms. The van der Waals surface area contributed by atoms with Crippen LogP contribution in [-0.4, -0.2) is 23.9 Å². The number of amides is 1.